The Morgan fingerprint density at radius 3 is 2.42 bits per heavy atom. The summed E-state index contributed by atoms with van der Waals surface area (Å²) in [5.74, 6) is -0.659. The fourth-order valence-corrected chi connectivity index (χ4v) is 4.82. The summed E-state index contributed by atoms with van der Waals surface area (Å²) in [6, 6.07) is 15.7. The molecule has 1 aliphatic rings. The summed E-state index contributed by atoms with van der Waals surface area (Å²) in [7, 11) is 0. The first kappa shape index (κ1) is 25.8. The Labute approximate surface area is 218 Å². The molecule has 9 nitrogen and oxygen atoms in total. The molecule has 1 amide bonds. The van der Waals surface area contributed by atoms with Crippen LogP contribution >= 0.6 is 23.5 Å². The highest BCUT2D eigenvalue weighted by atomic mass is 32.2. The molecule has 1 aliphatic heterocycles. The summed E-state index contributed by atoms with van der Waals surface area (Å²) in [5, 5.41) is 15.5. The first-order chi connectivity index (χ1) is 17.5. The number of nitrogens with zero attached hydrogens (tertiary/aromatic N) is 3. The van der Waals surface area contributed by atoms with Crippen LogP contribution in [0.2, 0.25) is 0 Å². The van der Waals surface area contributed by atoms with Gasteiger partial charge in [-0.15, -0.1) is 11.8 Å². The van der Waals surface area contributed by atoms with Gasteiger partial charge in [-0.3, -0.25) is 9.59 Å². The molecule has 0 radical (unpaired) electrons. The molecule has 1 saturated heterocycles. The highest BCUT2D eigenvalue weighted by Gasteiger charge is 2.12. The van der Waals surface area contributed by atoms with Crippen LogP contribution in [0.1, 0.15) is 5.56 Å². The van der Waals surface area contributed by atoms with E-state index in [0.29, 0.717) is 11.6 Å². The van der Waals surface area contributed by atoms with E-state index in [2.05, 4.69) is 37.6 Å². The summed E-state index contributed by atoms with van der Waals surface area (Å²) in [5.41, 5.74) is 3.70. The number of carboxylic acids is 1. The van der Waals surface area contributed by atoms with Crippen molar-refractivity contribution < 1.29 is 19.4 Å². The van der Waals surface area contributed by atoms with Crippen LogP contribution in [0.4, 0.5) is 23.0 Å². The number of amides is 1. The van der Waals surface area contributed by atoms with Gasteiger partial charge in [0.25, 0.3) is 0 Å². The summed E-state index contributed by atoms with van der Waals surface area (Å²) in [6.07, 6.45) is 1.79. The number of carboxylic acid groups (broad SMARTS) is 1. The van der Waals surface area contributed by atoms with Gasteiger partial charge in [0.05, 0.1) is 24.7 Å². The fraction of sp³-hybridized carbons (Fsp3) is 0.280. The van der Waals surface area contributed by atoms with Gasteiger partial charge in [0, 0.05) is 46.8 Å². The SMILES string of the molecule is Cc1cnc(Nc2ccc(N3CCOCC3)cc2)nc1Sc1ccc(NC(=O)CSCC(=O)O)cc1. The highest BCUT2D eigenvalue weighted by molar-refractivity contribution is 8.00. The lowest BCUT2D eigenvalue weighted by atomic mass is 10.2. The van der Waals surface area contributed by atoms with Gasteiger partial charge in [-0.05, 0) is 55.5 Å². The quantitative estimate of drug-likeness (QED) is 0.331. The van der Waals surface area contributed by atoms with E-state index in [1.807, 2.05) is 43.3 Å². The van der Waals surface area contributed by atoms with Crippen LogP contribution in [0, 0.1) is 6.92 Å². The minimum absolute atomic E-state index is 0.0919. The second kappa shape index (κ2) is 12.6. The Morgan fingerprint density at radius 2 is 1.72 bits per heavy atom. The highest BCUT2D eigenvalue weighted by Crippen LogP contribution is 2.30. The zero-order chi connectivity index (χ0) is 25.3. The number of carbonyl (C=O) groups excluding carboxylic acids is 1. The van der Waals surface area contributed by atoms with Crippen molar-refractivity contribution in [2.24, 2.45) is 0 Å². The monoisotopic (exact) mass is 525 g/mol. The van der Waals surface area contributed by atoms with E-state index in [9.17, 15) is 9.59 Å². The van der Waals surface area contributed by atoms with Gasteiger partial charge in [-0.25, -0.2) is 9.97 Å². The van der Waals surface area contributed by atoms with Crippen molar-refractivity contribution in [3.05, 3.63) is 60.3 Å². The van der Waals surface area contributed by atoms with E-state index in [1.165, 1.54) is 17.4 Å². The third-order valence-electron chi connectivity index (χ3n) is 5.24. The fourth-order valence-electron chi connectivity index (χ4n) is 3.44. The van der Waals surface area contributed by atoms with E-state index in [1.54, 1.807) is 6.20 Å². The predicted octanol–water partition coefficient (Wildman–Crippen LogP) is 4.27. The molecular weight excluding hydrogens is 498 g/mol. The molecule has 0 bridgehead atoms. The number of ether oxygens (including phenoxy) is 1. The molecule has 36 heavy (non-hydrogen) atoms. The molecule has 0 unspecified atom stereocenters. The van der Waals surface area contributed by atoms with Gasteiger partial charge < -0.3 is 25.4 Å². The molecule has 4 rings (SSSR count). The Hall–Kier alpha value is -3.28. The number of hydrogen-bond acceptors (Lipinski definition) is 9. The van der Waals surface area contributed by atoms with Crippen LogP contribution in [0.3, 0.4) is 0 Å². The molecule has 1 aromatic heterocycles. The predicted molar refractivity (Wildman–Crippen MR) is 144 cm³/mol. The molecule has 0 saturated carbocycles. The zero-order valence-corrected chi connectivity index (χ0v) is 21.4. The molecule has 3 N–H and O–H groups in total. The molecule has 11 heteroatoms. The third kappa shape index (κ3) is 7.61. The number of benzene rings is 2. The van der Waals surface area contributed by atoms with E-state index in [0.717, 1.165) is 59.2 Å². The summed E-state index contributed by atoms with van der Waals surface area (Å²) in [4.78, 5) is 34.9. The third-order valence-corrected chi connectivity index (χ3v) is 7.27. The Bertz CT molecular complexity index is 1190. The van der Waals surface area contributed by atoms with Gasteiger partial charge >= 0.3 is 5.97 Å². The van der Waals surface area contributed by atoms with E-state index < -0.39 is 5.97 Å². The van der Waals surface area contributed by atoms with Gasteiger partial charge in [0.15, 0.2) is 0 Å². The number of aliphatic carboxylic acids is 1. The Morgan fingerprint density at radius 1 is 1.03 bits per heavy atom. The van der Waals surface area contributed by atoms with Crippen molar-refractivity contribution in [3.63, 3.8) is 0 Å². The number of rotatable bonds is 10. The van der Waals surface area contributed by atoms with Crippen molar-refractivity contribution in [1.29, 1.82) is 0 Å². The topological polar surface area (TPSA) is 117 Å². The molecule has 3 aromatic rings. The number of hydrogen-bond donors (Lipinski definition) is 3. The van der Waals surface area contributed by atoms with E-state index in [-0.39, 0.29) is 17.4 Å². The maximum absolute atomic E-state index is 11.9. The number of aryl methyl sites for hydroxylation is 1. The number of anilines is 4. The van der Waals surface area contributed by atoms with Crippen molar-refractivity contribution in [3.8, 4) is 0 Å². The lowest BCUT2D eigenvalue weighted by Crippen LogP contribution is -2.36. The summed E-state index contributed by atoms with van der Waals surface area (Å²) in [6.45, 7) is 5.26. The van der Waals surface area contributed by atoms with Crippen LogP contribution < -0.4 is 15.5 Å². The number of morpholine rings is 1. The molecule has 0 spiro atoms. The standard InChI is InChI=1S/C25H27N5O4S2/c1-17-14-26-25(28-19-2-6-20(7-3-19)30-10-12-34-13-11-30)29-24(17)36-21-8-4-18(5-9-21)27-22(31)15-35-16-23(32)33/h2-9,14H,10-13,15-16H2,1H3,(H,27,31)(H,32,33)(H,26,28,29). The van der Waals surface area contributed by atoms with Crippen LogP contribution in [-0.2, 0) is 14.3 Å². The molecule has 0 atom stereocenters. The van der Waals surface area contributed by atoms with E-state index in [4.69, 9.17) is 9.84 Å². The average Bonchev–Trinajstić information content (AvgIpc) is 2.88. The maximum Gasteiger partial charge on any atom is 0.313 e. The van der Waals surface area contributed by atoms with Gasteiger partial charge in [-0.1, -0.05) is 11.8 Å². The molecule has 188 valence electrons. The first-order valence-corrected chi connectivity index (χ1v) is 13.3. The minimum atomic E-state index is -0.936. The van der Waals surface area contributed by atoms with Crippen molar-refractivity contribution >= 4 is 58.4 Å². The number of aromatic nitrogens is 2. The van der Waals surface area contributed by atoms with Crippen LogP contribution in [0.5, 0.6) is 0 Å². The smallest absolute Gasteiger partial charge is 0.313 e. The molecule has 2 aromatic carbocycles. The maximum atomic E-state index is 11.9. The Kier molecular flexibility index (Phi) is 9.04. The Balaban J connectivity index is 1.34. The number of thioether (sulfide) groups is 1. The lowest BCUT2D eigenvalue weighted by molar-refractivity contribution is -0.133. The average molecular weight is 526 g/mol. The molecule has 0 aliphatic carbocycles. The first-order valence-electron chi connectivity index (χ1n) is 11.4. The molecular formula is C25H27N5O4S2. The second-order valence-electron chi connectivity index (χ2n) is 8.01. The van der Waals surface area contributed by atoms with Gasteiger partial charge in [0.2, 0.25) is 11.9 Å². The number of carbonyl (C=O) groups is 2. The van der Waals surface area contributed by atoms with Crippen LogP contribution in [0.15, 0.2) is 64.6 Å². The largest absolute Gasteiger partial charge is 0.481 e. The minimum Gasteiger partial charge on any atom is -0.481 e. The van der Waals surface area contributed by atoms with Gasteiger partial charge in [-0.2, -0.15) is 0 Å². The summed E-state index contributed by atoms with van der Waals surface area (Å²) >= 11 is 2.57. The number of nitrogens with one attached hydrogen (secondary N) is 2. The normalized spacial score (nSPS) is 13.3. The van der Waals surface area contributed by atoms with Gasteiger partial charge in [0.1, 0.15) is 5.03 Å². The van der Waals surface area contributed by atoms with Crippen molar-refractivity contribution in [2.75, 3.05) is 53.3 Å². The molecule has 1 fully saturated rings. The summed E-state index contributed by atoms with van der Waals surface area (Å²) < 4.78 is 5.42. The molecule has 2 heterocycles. The zero-order valence-electron chi connectivity index (χ0n) is 19.8. The van der Waals surface area contributed by atoms with E-state index >= 15 is 0 Å². The lowest BCUT2D eigenvalue weighted by Gasteiger charge is -2.28. The van der Waals surface area contributed by atoms with Crippen LogP contribution in [0.25, 0.3) is 0 Å². The van der Waals surface area contributed by atoms with Crippen LogP contribution in [-0.4, -0.2) is 64.8 Å². The second-order valence-corrected chi connectivity index (χ2v) is 10.1. The van der Waals surface area contributed by atoms with Crippen molar-refractivity contribution in [2.45, 2.75) is 16.8 Å². The van der Waals surface area contributed by atoms with Crippen molar-refractivity contribution in [1.82, 2.24) is 9.97 Å².